The lowest BCUT2D eigenvalue weighted by molar-refractivity contribution is 0.616. The zero-order chi connectivity index (χ0) is 15.0. The van der Waals surface area contributed by atoms with Gasteiger partial charge in [0.15, 0.2) is 5.65 Å². The minimum absolute atomic E-state index is 0.264. The van der Waals surface area contributed by atoms with Gasteiger partial charge in [-0.3, -0.25) is 4.57 Å². The average molecular weight is 324 g/mol. The third-order valence-corrected chi connectivity index (χ3v) is 3.73. The van der Waals surface area contributed by atoms with Crippen molar-refractivity contribution in [1.82, 2.24) is 14.5 Å². The van der Waals surface area contributed by atoms with E-state index in [0.717, 1.165) is 5.82 Å². The molecule has 3 aromatic rings. The molecule has 0 unspecified atom stereocenters. The normalized spacial score (nSPS) is 11.2. The molecule has 3 nitrogen and oxygen atoms in total. The molecule has 1 aromatic carbocycles. The Morgan fingerprint density at radius 2 is 2.14 bits per heavy atom. The number of aryl methyl sites for hydroxylation is 1. The predicted octanol–water partition coefficient (Wildman–Crippen LogP) is 4.30. The van der Waals surface area contributed by atoms with E-state index in [2.05, 4.69) is 9.97 Å². The molecule has 2 heterocycles. The molecule has 0 saturated carbocycles. The second kappa shape index (κ2) is 5.62. The molecule has 0 saturated heterocycles. The van der Waals surface area contributed by atoms with Crippen LogP contribution in [0.2, 0.25) is 5.02 Å². The van der Waals surface area contributed by atoms with Crippen molar-refractivity contribution in [3.05, 3.63) is 52.7 Å². The van der Waals surface area contributed by atoms with Gasteiger partial charge in [0, 0.05) is 24.1 Å². The Balaban J connectivity index is 2.33. The van der Waals surface area contributed by atoms with Crippen LogP contribution in [0.25, 0.3) is 16.9 Å². The number of hydrogen-bond acceptors (Lipinski definition) is 2. The first kappa shape index (κ1) is 14.3. The molecular weight excluding hydrogens is 312 g/mol. The molecule has 0 amide bonds. The highest BCUT2D eigenvalue weighted by atomic mass is 35.5. The number of rotatable bonds is 3. The summed E-state index contributed by atoms with van der Waals surface area (Å²) < 4.78 is 15.7. The quantitative estimate of drug-likeness (QED) is 0.673. The number of fused-ring (bicyclic) bond motifs is 1. The van der Waals surface area contributed by atoms with Gasteiger partial charge in [-0.05, 0) is 25.1 Å². The molecule has 0 atom stereocenters. The third-order valence-electron chi connectivity index (χ3n) is 3.33. The number of benzene rings is 1. The zero-order valence-corrected chi connectivity index (χ0v) is 12.8. The minimum atomic E-state index is -0.264. The number of hydrogen-bond donors (Lipinski definition) is 0. The first-order valence-electron chi connectivity index (χ1n) is 6.46. The van der Waals surface area contributed by atoms with Gasteiger partial charge < -0.3 is 0 Å². The van der Waals surface area contributed by atoms with Gasteiger partial charge in [0.2, 0.25) is 0 Å². The third kappa shape index (κ3) is 2.49. The van der Waals surface area contributed by atoms with Crippen molar-refractivity contribution in [3.8, 4) is 5.69 Å². The molecule has 6 heteroatoms. The molecule has 0 aliphatic rings. The van der Waals surface area contributed by atoms with Crippen LogP contribution in [0.4, 0.5) is 4.39 Å². The Morgan fingerprint density at radius 3 is 2.90 bits per heavy atom. The molecule has 0 radical (unpaired) electrons. The Hall–Kier alpha value is -1.65. The Labute approximate surface area is 131 Å². The summed E-state index contributed by atoms with van der Waals surface area (Å²) in [6.45, 7) is 1.73. The number of nitrogens with zero attached hydrogens (tertiary/aromatic N) is 3. The predicted molar refractivity (Wildman–Crippen MR) is 83.0 cm³/mol. The SMILES string of the molecule is Cc1c(F)cccc1-n1c(CCCl)nc2cc(Cl)cnc21. The Morgan fingerprint density at radius 1 is 1.33 bits per heavy atom. The molecule has 0 fully saturated rings. The fourth-order valence-electron chi connectivity index (χ4n) is 2.33. The zero-order valence-electron chi connectivity index (χ0n) is 11.3. The molecule has 2 aromatic heterocycles. The van der Waals surface area contributed by atoms with E-state index in [1.807, 2.05) is 10.6 Å². The highest BCUT2D eigenvalue weighted by Crippen LogP contribution is 2.25. The van der Waals surface area contributed by atoms with Crippen LogP contribution in [-0.4, -0.2) is 20.4 Å². The molecule has 0 aliphatic heterocycles. The molecule has 0 spiro atoms. The van der Waals surface area contributed by atoms with E-state index in [1.165, 1.54) is 6.07 Å². The fourth-order valence-corrected chi connectivity index (χ4v) is 2.65. The molecule has 21 heavy (non-hydrogen) atoms. The molecule has 3 rings (SSSR count). The number of aromatic nitrogens is 3. The van der Waals surface area contributed by atoms with Gasteiger partial charge in [0.1, 0.15) is 17.2 Å². The largest absolute Gasteiger partial charge is 0.280 e. The summed E-state index contributed by atoms with van der Waals surface area (Å²) in [5, 5.41) is 0.514. The van der Waals surface area contributed by atoms with Crippen LogP contribution >= 0.6 is 23.2 Å². The van der Waals surface area contributed by atoms with Crippen LogP contribution in [0, 0.1) is 12.7 Å². The lowest BCUT2D eigenvalue weighted by Gasteiger charge is -2.11. The van der Waals surface area contributed by atoms with Gasteiger partial charge >= 0.3 is 0 Å². The first-order valence-corrected chi connectivity index (χ1v) is 7.37. The number of pyridine rings is 1. The summed E-state index contributed by atoms with van der Waals surface area (Å²) in [5.74, 6) is 0.898. The summed E-state index contributed by atoms with van der Waals surface area (Å²) in [4.78, 5) is 8.85. The smallest absolute Gasteiger partial charge is 0.164 e. The number of imidazole rings is 1. The van der Waals surface area contributed by atoms with Crippen molar-refractivity contribution in [1.29, 1.82) is 0 Å². The topological polar surface area (TPSA) is 30.7 Å². The Kier molecular flexibility index (Phi) is 3.83. The van der Waals surface area contributed by atoms with E-state index < -0.39 is 0 Å². The maximum atomic E-state index is 13.9. The summed E-state index contributed by atoms with van der Waals surface area (Å²) >= 11 is 11.8. The summed E-state index contributed by atoms with van der Waals surface area (Å²) in [5.41, 5.74) is 2.58. The van der Waals surface area contributed by atoms with Crippen molar-refractivity contribution < 1.29 is 4.39 Å². The summed E-state index contributed by atoms with van der Waals surface area (Å²) in [6.07, 6.45) is 2.12. The van der Waals surface area contributed by atoms with Crippen LogP contribution in [-0.2, 0) is 6.42 Å². The maximum absolute atomic E-state index is 13.9. The van der Waals surface area contributed by atoms with Gasteiger partial charge in [0.05, 0.1) is 10.7 Å². The van der Waals surface area contributed by atoms with Crippen LogP contribution in [0.5, 0.6) is 0 Å². The Bertz CT molecular complexity index is 814. The fraction of sp³-hybridized carbons (Fsp3) is 0.200. The van der Waals surface area contributed by atoms with Crippen molar-refractivity contribution in [2.75, 3.05) is 5.88 Å². The van der Waals surface area contributed by atoms with E-state index >= 15 is 0 Å². The second-order valence-electron chi connectivity index (χ2n) is 4.68. The molecule has 108 valence electrons. The lowest BCUT2D eigenvalue weighted by Crippen LogP contribution is -2.05. The maximum Gasteiger partial charge on any atom is 0.164 e. The molecule has 0 bridgehead atoms. The van der Waals surface area contributed by atoms with Crippen molar-refractivity contribution in [3.63, 3.8) is 0 Å². The van der Waals surface area contributed by atoms with Crippen LogP contribution in [0.15, 0.2) is 30.5 Å². The number of halogens is 3. The lowest BCUT2D eigenvalue weighted by atomic mass is 10.2. The van der Waals surface area contributed by atoms with E-state index in [4.69, 9.17) is 23.2 Å². The number of alkyl halides is 1. The summed E-state index contributed by atoms with van der Waals surface area (Å²) in [7, 11) is 0. The van der Waals surface area contributed by atoms with E-state index in [0.29, 0.717) is 39.7 Å². The standard InChI is InChI=1S/C15H12Cl2FN3/c1-9-11(18)3-2-4-13(9)21-14(5-6-16)20-12-7-10(17)8-19-15(12)21/h2-4,7-8H,5-6H2,1H3. The minimum Gasteiger partial charge on any atom is -0.280 e. The van der Waals surface area contributed by atoms with Crippen LogP contribution in [0.1, 0.15) is 11.4 Å². The highest BCUT2D eigenvalue weighted by molar-refractivity contribution is 6.31. The molecule has 0 aliphatic carbocycles. The molecule has 0 N–H and O–H groups in total. The summed E-state index contributed by atoms with van der Waals surface area (Å²) in [6, 6.07) is 6.69. The van der Waals surface area contributed by atoms with Crippen LogP contribution in [0.3, 0.4) is 0 Å². The second-order valence-corrected chi connectivity index (χ2v) is 5.50. The van der Waals surface area contributed by atoms with Gasteiger partial charge in [-0.1, -0.05) is 17.7 Å². The van der Waals surface area contributed by atoms with Crippen molar-refractivity contribution >= 4 is 34.4 Å². The van der Waals surface area contributed by atoms with Crippen molar-refractivity contribution in [2.24, 2.45) is 0 Å². The highest BCUT2D eigenvalue weighted by Gasteiger charge is 2.16. The van der Waals surface area contributed by atoms with Gasteiger partial charge in [-0.2, -0.15) is 0 Å². The van der Waals surface area contributed by atoms with Gasteiger partial charge in [0.25, 0.3) is 0 Å². The first-order chi connectivity index (χ1) is 10.1. The van der Waals surface area contributed by atoms with Gasteiger partial charge in [-0.25, -0.2) is 14.4 Å². The van der Waals surface area contributed by atoms with Crippen molar-refractivity contribution in [2.45, 2.75) is 13.3 Å². The van der Waals surface area contributed by atoms with Gasteiger partial charge in [-0.15, -0.1) is 11.6 Å². The van der Waals surface area contributed by atoms with E-state index in [-0.39, 0.29) is 5.82 Å². The van der Waals surface area contributed by atoms with E-state index in [9.17, 15) is 4.39 Å². The monoisotopic (exact) mass is 323 g/mol. The van der Waals surface area contributed by atoms with E-state index in [1.54, 1.807) is 25.3 Å². The molecular formula is C15H12Cl2FN3. The van der Waals surface area contributed by atoms with Crippen LogP contribution < -0.4 is 0 Å². The average Bonchev–Trinajstić information content (AvgIpc) is 2.79.